The van der Waals surface area contributed by atoms with Crippen LogP contribution in [-0.4, -0.2) is 23.0 Å². The second kappa shape index (κ2) is 6.21. The minimum atomic E-state index is -0.750. The Balaban J connectivity index is 1.79. The Morgan fingerprint density at radius 2 is 1.50 bits per heavy atom. The van der Waals surface area contributed by atoms with Crippen molar-refractivity contribution in [3.05, 3.63) is 0 Å². The van der Waals surface area contributed by atoms with Crippen LogP contribution >= 0.6 is 0 Å². The van der Waals surface area contributed by atoms with Gasteiger partial charge in [0.1, 0.15) is 0 Å². The topological polar surface area (TPSA) is 66.4 Å². The number of rotatable bonds is 3. The van der Waals surface area contributed by atoms with Crippen LogP contribution in [0, 0.1) is 11.8 Å². The van der Waals surface area contributed by atoms with E-state index in [9.17, 15) is 9.59 Å². The summed E-state index contributed by atoms with van der Waals surface area (Å²) in [6.07, 6.45) is 9.03. The molecule has 2 saturated carbocycles. The van der Waals surface area contributed by atoms with Gasteiger partial charge >= 0.3 is 5.97 Å². The molecule has 2 N–H and O–H groups in total. The van der Waals surface area contributed by atoms with Gasteiger partial charge in [-0.25, -0.2) is 0 Å². The van der Waals surface area contributed by atoms with Gasteiger partial charge in [0.15, 0.2) is 0 Å². The third kappa shape index (κ3) is 3.47. The molecule has 18 heavy (non-hydrogen) atoms. The summed E-state index contributed by atoms with van der Waals surface area (Å²) in [4.78, 5) is 23.0. The quantitative estimate of drug-likeness (QED) is 0.759. The molecular formula is C14H23NO3. The van der Waals surface area contributed by atoms with Crippen molar-refractivity contribution in [3.63, 3.8) is 0 Å². The SMILES string of the molecule is O=C(O)[C@@H]1CC[C@H](C(=O)NC2CCCCCC2)C1. The highest BCUT2D eigenvalue weighted by Crippen LogP contribution is 2.31. The lowest BCUT2D eigenvalue weighted by Crippen LogP contribution is -2.38. The van der Waals surface area contributed by atoms with E-state index in [0.717, 1.165) is 19.3 Å². The average molecular weight is 253 g/mol. The molecule has 2 atom stereocenters. The van der Waals surface area contributed by atoms with E-state index in [2.05, 4.69) is 5.32 Å². The molecule has 0 spiro atoms. The maximum Gasteiger partial charge on any atom is 0.306 e. The summed E-state index contributed by atoms with van der Waals surface area (Å²) in [6, 6.07) is 0.323. The molecule has 102 valence electrons. The molecule has 0 aromatic heterocycles. The molecule has 0 bridgehead atoms. The Bertz CT molecular complexity index is 308. The third-order valence-corrected chi connectivity index (χ3v) is 4.35. The first-order valence-corrected chi connectivity index (χ1v) is 7.20. The Morgan fingerprint density at radius 3 is 2.06 bits per heavy atom. The van der Waals surface area contributed by atoms with Crippen molar-refractivity contribution in [2.45, 2.75) is 63.8 Å². The van der Waals surface area contributed by atoms with Crippen LogP contribution in [0.3, 0.4) is 0 Å². The zero-order chi connectivity index (χ0) is 13.0. The van der Waals surface area contributed by atoms with Crippen LogP contribution < -0.4 is 5.32 Å². The summed E-state index contributed by atoms with van der Waals surface area (Å²) in [6.45, 7) is 0. The largest absolute Gasteiger partial charge is 0.481 e. The number of carbonyl (C=O) groups excluding carboxylic acids is 1. The first kappa shape index (κ1) is 13.4. The first-order valence-electron chi connectivity index (χ1n) is 7.20. The van der Waals surface area contributed by atoms with E-state index in [1.165, 1.54) is 25.7 Å². The molecule has 0 radical (unpaired) electrons. The van der Waals surface area contributed by atoms with Crippen molar-refractivity contribution in [2.75, 3.05) is 0 Å². The molecule has 2 rings (SSSR count). The number of hydrogen-bond acceptors (Lipinski definition) is 2. The Labute approximate surface area is 108 Å². The molecular weight excluding hydrogens is 230 g/mol. The summed E-state index contributed by atoms with van der Waals surface area (Å²) < 4.78 is 0. The number of carboxylic acid groups (broad SMARTS) is 1. The Hall–Kier alpha value is -1.06. The minimum absolute atomic E-state index is 0.0747. The first-order chi connectivity index (χ1) is 8.66. The zero-order valence-corrected chi connectivity index (χ0v) is 10.9. The number of amides is 1. The average Bonchev–Trinajstić information content (AvgIpc) is 2.70. The molecule has 0 heterocycles. The van der Waals surface area contributed by atoms with E-state index in [1.807, 2.05) is 0 Å². The molecule has 0 unspecified atom stereocenters. The molecule has 0 aliphatic heterocycles. The van der Waals surface area contributed by atoms with Crippen molar-refractivity contribution in [2.24, 2.45) is 11.8 Å². The summed E-state index contributed by atoms with van der Waals surface area (Å²) in [5, 5.41) is 12.1. The lowest BCUT2D eigenvalue weighted by Gasteiger charge is -2.19. The van der Waals surface area contributed by atoms with Crippen LogP contribution in [0.4, 0.5) is 0 Å². The van der Waals surface area contributed by atoms with E-state index in [4.69, 9.17) is 5.11 Å². The number of hydrogen-bond donors (Lipinski definition) is 2. The fourth-order valence-electron chi connectivity index (χ4n) is 3.19. The highest BCUT2D eigenvalue weighted by molar-refractivity contribution is 5.81. The van der Waals surface area contributed by atoms with E-state index in [0.29, 0.717) is 18.9 Å². The number of carboxylic acids is 1. The van der Waals surface area contributed by atoms with Gasteiger partial charge in [-0.15, -0.1) is 0 Å². The molecule has 4 heteroatoms. The minimum Gasteiger partial charge on any atom is -0.481 e. The van der Waals surface area contributed by atoms with Crippen LogP contribution in [0.5, 0.6) is 0 Å². The third-order valence-electron chi connectivity index (χ3n) is 4.35. The van der Waals surface area contributed by atoms with Crippen LogP contribution in [0.15, 0.2) is 0 Å². The van der Waals surface area contributed by atoms with Crippen molar-refractivity contribution < 1.29 is 14.7 Å². The van der Waals surface area contributed by atoms with Gasteiger partial charge in [0.2, 0.25) is 5.91 Å². The van der Waals surface area contributed by atoms with Crippen LogP contribution in [0.1, 0.15) is 57.8 Å². The molecule has 2 fully saturated rings. The standard InChI is InChI=1S/C14H23NO3/c16-13(10-7-8-11(9-10)14(17)18)15-12-5-3-1-2-4-6-12/h10-12H,1-9H2,(H,15,16)(H,17,18)/t10-,11+/m0/s1. The van der Waals surface area contributed by atoms with Gasteiger partial charge in [0, 0.05) is 12.0 Å². The number of aliphatic carboxylic acids is 1. The van der Waals surface area contributed by atoms with E-state index >= 15 is 0 Å². The predicted octanol–water partition coefficient (Wildman–Crippen LogP) is 2.33. The lowest BCUT2D eigenvalue weighted by atomic mass is 10.0. The van der Waals surface area contributed by atoms with Gasteiger partial charge in [-0.2, -0.15) is 0 Å². The van der Waals surface area contributed by atoms with Crippen molar-refractivity contribution >= 4 is 11.9 Å². The maximum absolute atomic E-state index is 12.1. The monoisotopic (exact) mass is 253 g/mol. The Morgan fingerprint density at radius 1 is 0.889 bits per heavy atom. The van der Waals surface area contributed by atoms with E-state index < -0.39 is 5.97 Å². The fraction of sp³-hybridized carbons (Fsp3) is 0.857. The highest BCUT2D eigenvalue weighted by Gasteiger charge is 2.34. The molecule has 2 aliphatic rings. The molecule has 2 aliphatic carbocycles. The molecule has 1 amide bonds. The molecule has 0 aromatic rings. The van der Waals surface area contributed by atoms with E-state index in [-0.39, 0.29) is 17.7 Å². The number of carbonyl (C=O) groups is 2. The summed E-state index contributed by atoms with van der Waals surface area (Å²) >= 11 is 0. The second-order valence-corrected chi connectivity index (χ2v) is 5.74. The molecule has 0 aromatic carbocycles. The fourth-order valence-corrected chi connectivity index (χ4v) is 3.19. The maximum atomic E-state index is 12.1. The van der Waals surface area contributed by atoms with Crippen molar-refractivity contribution in [3.8, 4) is 0 Å². The summed E-state index contributed by atoms with van der Waals surface area (Å²) in [7, 11) is 0. The highest BCUT2D eigenvalue weighted by atomic mass is 16.4. The second-order valence-electron chi connectivity index (χ2n) is 5.74. The zero-order valence-electron chi connectivity index (χ0n) is 10.9. The van der Waals surface area contributed by atoms with Gasteiger partial charge in [-0.05, 0) is 32.1 Å². The lowest BCUT2D eigenvalue weighted by molar-refractivity contribution is -0.141. The van der Waals surface area contributed by atoms with E-state index in [1.54, 1.807) is 0 Å². The summed E-state index contributed by atoms with van der Waals surface area (Å²) in [5.74, 6) is -1.05. The van der Waals surface area contributed by atoms with Crippen molar-refractivity contribution in [1.29, 1.82) is 0 Å². The smallest absolute Gasteiger partial charge is 0.306 e. The number of nitrogens with one attached hydrogen (secondary N) is 1. The Kier molecular flexibility index (Phi) is 4.61. The molecule has 0 saturated heterocycles. The summed E-state index contributed by atoms with van der Waals surface area (Å²) in [5.41, 5.74) is 0. The van der Waals surface area contributed by atoms with Gasteiger partial charge in [0.05, 0.1) is 5.92 Å². The van der Waals surface area contributed by atoms with Crippen LogP contribution in [-0.2, 0) is 9.59 Å². The molecule has 4 nitrogen and oxygen atoms in total. The van der Waals surface area contributed by atoms with Gasteiger partial charge in [0.25, 0.3) is 0 Å². The van der Waals surface area contributed by atoms with Gasteiger partial charge in [-0.3, -0.25) is 9.59 Å². The van der Waals surface area contributed by atoms with Crippen LogP contribution in [0.2, 0.25) is 0 Å². The van der Waals surface area contributed by atoms with Crippen LogP contribution in [0.25, 0.3) is 0 Å². The van der Waals surface area contributed by atoms with Gasteiger partial charge < -0.3 is 10.4 Å². The normalized spacial score (nSPS) is 29.8. The van der Waals surface area contributed by atoms with Crippen molar-refractivity contribution in [1.82, 2.24) is 5.32 Å². The predicted molar refractivity (Wildman–Crippen MR) is 68.1 cm³/mol. The van der Waals surface area contributed by atoms with Gasteiger partial charge in [-0.1, -0.05) is 25.7 Å².